The van der Waals surface area contributed by atoms with Crippen LogP contribution in [-0.2, 0) is 0 Å². The lowest BCUT2D eigenvalue weighted by Gasteiger charge is -2.30. The summed E-state index contributed by atoms with van der Waals surface area (Å²) in [7, 11) is 0. The average Bonchev–Trinajstić information content (AvgIpc) is 2.70. The van der Waals surface area contributed by atoms with Crippen molar-refractivity contribution in [1.29, 1.82) is 0 Å². The molecule has 0 saturated heterocycles. The van der Waals surface area contributed by atoms with Crippen molar-refractivity contribution in [3.63, 3.8) is 0 Å². The van der Waals surface area contributed by atoms with Gasteiger partial charge < -0.3 is 15.5 Å². The molecule has 1 unspecified atom stereocenters. The van der Waals surface area contributed by atoms with Crippen molar-refractivity contribution in [1.82, 2.24) is 5.32 Å². The molecule has 1 heterocycles. The molecule has 0 radical (unpaired) electrons. The standard InChI is InChI=1S/C16H26N2O2/c1-10-11(2)20-12(3)15(10)16(19)18-14(9-17)13-7-5-4-6-8-13/h13-14H,4-9,17H2,1-3H3,(H,18,19). The first kappa shape index (κ1) is 15.1. The van der Waals surface area contributed by atoms with E-state index in [0.29, 0.717) is 23.8 Å². The molecule has 1 aromatic heterocycles. The van der Waals surface area contributed by atoms with Gasteiger partial charge in [0, 0.05) is 18.2 Å². The molecule has 0 spiro atoms. The van der Waals surface area contributed by atoms with Crippen LogP contribution in [0.3, 0.4) is 0 Å². The number of amides is 1. The maximum atomic E-state index is 12.5. The Morgan fingerprint density at radius 3 is 2.40 bits per heavy atom. The van der Waals surface area contributed by atoms with E-state index in [0.717, 1.165) is 11.3 Å². The Kier molecular flexibility index (Phi) is 4.86. The molecule has 4 nitrogen and oxygen atoms in total. The molecule has 1 aromatic rings. The highest BCUT2D eigenvalue weighted by molar-refractivity contribution is 5.97. The quantitative estimate of drug-likeness (QED) is 0.890. The lowest BCUT2D eigenvalue weighted by Crippen LogP contribution is -2.46. The van der Waals surface area contributed by atoms with Crippen LogP contribution in [0.25, 0.3) is 0 Å². The Morgan fingerprint density at radius 1 is 1.25 bits per heavy atom. The maximum absolute atomic E-state index is 12.5. The lowest BCUT2D eigenvalue weighted by molar-refractivity contribution is 0.0913. The molecule has 4 heteroatoms. The summed E-state index contributed by atoms with van der Waals surface area (Å²) in [6.07, 6.45) is 6.15. The third-order valence-electron chi connectivity index (χ3n) is 4.58. The first-order valence-corrected chi connectivity index (χ1v) is 7.62. The maximum Gasteiger partial charge on any atom is 0.255 e. The van der Waals surface area contributed by atoms with Gasteiger partial charge in [-0.15, -0.1) is 0 Å². The van der Waals surface area contributed by atoms with Crippen LogP contribution in [0.2, 0.25) is 0 Å². The van der Waals surface area contributed by atoms with Crippen molar-refractivity contribution >= 4 is 5.91 Å². The van der Waals surface area contributed by atoms with Crippen molar-refractivity contribution in [3.8, 4) is 0 Å². The van der Waals surface area contributed by atoms with Gasteiger partial charge in [0.25, 0.3) is 5.91 Å². The fourth-order valence-electron chi connectivity index (χ4n) is 3.27. The van der Waals surface area contributed by atoms with Gasteiger partial charge in [-0.25, -0.2) is 0 Å². The largest absolute Gasteiger partial charge is 0.466 e. The molecule has 0 bridgehead atoms. The molecule has 20 heavy (non-hydrogen) atoms. The molecule has 112 valence electrons. The zero-order valence-electron chi connectivity index (χ0n) is 12.8. The Balaban J connectivity index is 2.08. The van der Waals surface area contributed by atoms with Gasteiger partial charge in [0.05, 0.1) is 5.56 Å². The molecule has 1 aliphatic carbocycles. The summed E-state index contributed by atoms with van der Waals surface area (Å²) in [5.41, 5.74) is 7.48. The van der Waals surface area contributed by atoms with E-state index in [1.807, 2.05) is 20.8 Å². The third-order valence-corrected chi connectivity index (χ3v) is 4.58. The molecular weight excluding hydrogens is 252 g/mol. The van der Waals surface area contributed by atoms with Crippen LogP contribution in [-0.4, -0.2) is 18.5 Å². The minimum absolute atomic E-state index is 0.0436. The van der Waals surface area contributed by atoms with Gasteiger partial charge in [-0.3, -0.25) is 4.79 Å². The van der Waals surface area contributed by atoms with Crippen LogP contribution >= 0.6 is 0 Å². The van der Waals surface area contributed by atoms with Crippen LogP contribution in [0, 0.1) is 26.7 Å². The highest BCUT2D eigenvalue weighted by Crippen LogP contribution is 2.27. The van der Waals surface area contributed by atoms with E-state index in [1.54, 1.807) is 0 Å². The minimum atomic E-state index is -0.0436. The van der Waals surface area contributed by atoms with Crippen molar-refractivity contribution in [2.75, 3.05) is 6.54 Å². The van der Waals surface area contributed by atoms with Crippen molar-refractivity contribution < 1.29 is 9.21 Å². The summed E-state index contributed by atoms with van der Waals surface area (Å²) in [6.45, 7) is 6.16. The Hall–Kier alpha value is -1.29. The van der Waals surface area contributed by atoms with Gasteiger partial charge in [0.15, 0.2) is 0 Å². The molecule has 1 aliphatic rings. The number of nitrogens with two attached hydrogens (primary N) is 1. The normalized spacial score (nSPS) is 18.0. The fraction of sp³-hybridized carbons (Fsp3) is 0.688. The Morgan fingerprint density at radius 2 is 1.90 bits per heavy atom. The van der Waals surface area contributed by atoms with Gasteiger partial charge >= 0.3 is 0 Å². The van der Waals surface area contributed by atoms with E-state index in [9.17, 15) is 4.79 Å². The molecule has 1 amide bonds. The molecule has 1 atom stereocenters. The van der Waals surface area contributed by atoms with Gasteiger partial charge in [-0.05, 0) is 39.5 Å². The highest BCUT2D eigenvalue weighted by Gasteiger charge is 2.26. The van der Waals surface area contributed by atoms with E-state index >= 15 is 0 Å². The fourth-order valence-corrected chi connectivity index (χ4v) is 3.27. The number of furan rings is 1. The lowest BCUT2D eigenvalue weighted by atomic mass is 9.83. The second kappa shape index (κ2) is 6.44. The van der Waals surface area contributed by atoms with Crippen LogP contribution in [0.15, 0.2) is 4.42 Å². The first-order valence-electron chi connectivity index (χ1n) is 7.62. The van der Waals surface area contributed by atoms with Crippen molar-refractivity contribution in [2.45, 2.75) is 58.9 Å². The van der Waals surface area contributed by atoms with Crippen LogP contribution in [0.4, 0.5) is 0 Å². The zero-order valence-corrected chi connectivity index (χ0v) is 12.8. The summed E-state index contributed by atoms with van der Waals surface area (Å²) in [5, 5.41) is 3.12. The SMILES string of the molecule is Cc1oc(C)c(C(=O)NC(CN)C2CCCCC2)c1C. The summed E-state index contributed by atoms with van der Waals surface area (Å²) in [5.74, 6) is 1.98. The van der Waals surface area contributed by atoms with E-state index in [1.165, 1.54) is 32.1 Å². The van der Waals surface area contributed by atoms with Crippen LogP contribution in [0.5, 0.6) is 0 Å². The average molecular weight is 278 g/mol. The van der Waals surface area contributed by atoms with E-state index in [2.05, 4.69) is 5.32 Å². The number of carbonyl (C=O) groups excluding carboxylic acids is 1. The molecule has 0 aliphatic heterocycles. The number of rotatable bonds is 4. The summed E-state index contributed by atoms with van der Waals surface area (Å²) in [6, 6.07) is 0.0804. The smallest absolute Gasteiger partial charge is 0.255 e. The van der Waals surface area contributed by atoms with Gasteiger partial charge in [-0.2, -0.15) is 0 Å². The van der Waals surface area contributed by atoms with Crippen LogP contribution < -0.4 is 11.1 Å². The minimum Gasteiger partial charge on any atom is -0.466 e. The van der Waals surface area contributed by atoms with Crippen molar-refractivity contribution in [2.24, 2.45) is 11.7 Å². The molecule has 3 N–H and O–H groups in total. The van der Waals surface area contributed by atoms with E-state index in [-0.39, 0.29) is 11.9 Å². The van der Waals surface area contributed by atoms with Crippen LogP contribution in [0.1, 0.15) is 59.5 Å². The molecule has 1 saturated carbocycles. The highest BCUT2D eigenvalue weighted by atomic mass is 16.3. The molecule has 0 aromatic carbocycles. The van der Waals surface area contributed by atoms with E-state index in [4.69, 9.17) is 10.2 Å². The summed E-state index contributed by atoms with van der Waals surface area (Å²) in [4.78, 5) is 12.5. The molecule has 2 rings (SSSR count). The van der Waals surface area contributed by atoms with Gasteiger partial charge in [-0.1, -0.05) is 19.3 Å². The number of hydrogen-bond donors (Lipinski definition) is 2. The summed E-state index contributed by atoms with van der Waals surface area (Å²) >= 11 is 0. The number of carbonyl (C=O) groups is 1. The number of nitrogens with one attached hydrogen (secondary N) is 1. The zero-order chi connectivity index (χ0) is 14.7. The van der Waals surface area contributed by atoms with E-state index < -0.39 is 0 Å². The predicted molar refractivity (Wildman–Crippen MR) is 79.8 cm³/mol. The molecule has 1 fully saturated rings. The first-order chi connectivity index (χ1) is 9.54. The Bertz CT molecular complexity index is 473. The number of hydrogen-bond acceptors (Lipinski definition) is 3. The second-order valence-corrected chi connectivity index (χ2v) is 5.93. The number of aryl methyl sites for hydroxylation is 2. The second-order valence-electron chi connectivity index (χ2n) is 5.93. The van der Waals surface area contributed by atoms with Crippen molar-refractivity contribution in [3.05, 3.63) is 22.6 Å². The van der Waals surface area contributed by atoms with Gasteiger partial charge in [0.1, 0.15) is 11.5 Å². The summed E-state index contributed by atoms with van der Waals surface area (Å²) < 4.78 is 5.54. The topological polar surface area (TPSA) is 68.3 Å². The molecular formula is C16H26N2O2. The monoisotopic (exact) mass is 278 g/mol. The van der Waals surface area contributed by atoms with Gasteiger partial charge in [0.2, 0.25) is 0 Å². The predicted octanol–water partition coefficient (Wildman–Crippen LogP) is 2.84. The Labute approximate surface area is 121 Å². The third kappa shape index (κ3) is 3.06.